The fraction of sp³-hybridized carbons (Fsp3) is 0.632. The molecule has 0 amide bonds. The lowest BCUT2D eigenvalue weighted by atomic mass is 9.78. The van der Waals surface area contributed by atoms with E-state index < -0.39 is 15.6 Å². The van der Waals surface area contributed by atoms with E-state index in [9.17, 15) is 4.79 Å². The SMILES string of the molecule is CC[C@]12OC(=O)C=C1C(C#CS(C)(C)C)=CCN1CCCC[C@@H]12. The van der Waals surface area contributed by atoms with Crippen molar-refractivity contribution < 1.29 is 9.53 Å². The molecule has 3 heterocycles. The lowest BCUT2D eigenvalue weighted by Gasteiger charge is -2.44. The first kappa shape index (κ1) is 16.7. The summed E-state index contributed by atoms with van der Waals surface area (Å²) >= 11 is 0. The zero-order valence-electron chi connectivity index (χ0n) is 14.6. The molecule has 0 aromatic rings. The second kappa shape index (κ2) is 6.03. The van der Waals surface area contributed by atoms with Crippen LogP contribution in [0.1, 0.15) is 32.6 Å². The number of carbonyl (C=O) groups excluding carboxylic acids is 1. The molecule has 1 fully saturated rings. The summed E-state index contributed by atoms with van der Waals surface area (Å²) in [6.07, 6.45) is 14.8. The van der Waals surface area contributed by atoms with Crippen molar-refractivity contribution >= 4 is 16.0 Å². The van der Waals surface area contributed by atoms with Crippen molar-refractivity contribution in [2.45, 2.75) is 44.2 Å². The Morgan fingerprint density at radius 2 is 2.17 bits per heavy atom. The predicted octanol–water partition coefficient (Wildman–Crippen LogP) is 3.07. The van der Waals surface area contributed by atoms with Crippen molar-refractivity contribution in [3.63, 3.8) is 0 Å². The number of rotatable bonds is 1. The van der Waals surface area contributed by atoms with E-state index in [1.165, 1.54) is 12.8 Å². The molecule has 4 heteroatoms. The van der Waals surface area contributed by atoms with Gasteiger partial charge in [0.15, 0.2) is 5.60 Å². The van der Waals surface area contributed by atoms with Gasteiger partial charge >= 0.3 is 5.97 Å². The third-order valence-electron chi connectivity index (χ3n) is 4.99. The molecular weight excluding hydrogens is 306 g/mol. The van der Waals surface area contributed by atoms with Gasteiger partial charge in [-0.2, -0.15) is 10.0 Å². The summed E-state index contributed by atoms with van der Waals surface area (Å²) in [5, 5.41) is 3.41. The van der Waals surface area contributed by atoms with Gasteiger partial charge in [-0.25, -0.2) is 4.79 Å². The van der Waals surface area contributed by atoms with Crippen LogP contribution in [-0.4, -0.2) is 54.4 Å². The number of hydrogen-bond donors (Lipinski definition) is 0. The Bertz CT molecular complexity index is 632. The second-order valence-electron chi connectivity index (χ2n) is 7.41. The van der Waals surface area contributed by atoms with Gasteiger partial charge in [0, 0.05) is 23.8 Å². The fourth-order valence-corrected chi connectivity index (χ4v) is 4.35. The van der Waals surface area contributed by atoms with Gasteiger partial charge in [0.1, 0.15) is 0 Å². The Balaban J connectivity index is 2.07. The molecule has 3 nitrogen and oxygen atoms in total. The fourth-order valence-electron chi connectivity index (χ4n) is 3.94. The van der Waals surface area contributed by atoms with Crippen LogP contribution in [0.4, 0.5) is 0 Å². The molecule has 3 aliphatic rings. The first-order valence-corrected chi connectivity index (χ1v) is 11.3. The van der Waals surface area contributed by atoms with Crippen LogP contribution >= 0.6 is 10.0 Å². The van der Waals surface area contributed by atoms with Crippen LogP contribution < -0.4 is 0 Å². The zero-order valence-corrected chi connectivity index (χ0v) is 15.5. The molecule has 3 rings (SSSR count). The van der Waals surface area contributed by atoms with Crippen molar-refractivity contribution in [3.8, 4) is 11.2 Å². The first-order chi connectivity index (χ1) is 10.9. The Morgan fingerprint density at radius 1 is 1.39 bits per heavy atom. The Kier molecular flexibility index (Phi) is 4.37. The van der Waals surface area contributed by atoms with Crippen molar-refractivity contribution in [1.29, 1.82) is 0 Å². The number of esters is 1. The van der Waals surface area contributed by atoms with Crippen LogP contribution in [-0.2, 0) is 9.53 Å². The average Bonchev–Trinajstić information content (AvgIpc) is 2.78. The summed E-state index contributed by atoms with van der Waals surface area (Å²) < 4.78 is 5.94. The van der Waals surface area contributed by atoms with Gasteiger partial charge in [0.2, 0.25) is 0 Å². The maximum atomic E-state index is 12.1. The third kappa shape index (κ3) is 3.09. The highest BCUT2D eigenvalue weighted by molar-refractivity contribution is 8.35. The summed E-state index contributed by atoms with van der Waals surface area (Å²) in [6, 6.07) is 0.288. The van der Waals surface area contributed by atoms with Crippen molar-refractivity contribution in [3.05, 3.63) is 23.3 Å². The molecule has 0 aliphatic carbocycles. The Hall–Kier alpha value is -1.18. The molecule has 0 saturated carbocycles. The predicted molar refractivity (Wildman–Crippen MR) is 97.6 cm³/mol. The van der Waals surface area contributed by atoms with Crippen LogP contribution in [0.5, 0.6) is 0 Å². The number of fused-ring (bicyclic) bond motifs is 3. The molecular formula is C19H27NO2S. The smallest absolute Gasteiger partial charge is 0.332 e. The lowest BCUT2D eigenvalue weighted by molar-refractivity contribution is -0.153. The maximum absolute atomic E-state index is 12.1. The minimum Gasteiger partial charge on any atom is -0.449 e. The topological polar surface area (TPSA) is 29.5 Å². The summed E-state index contributed by atoms with van der Waals surface area (Å²) in [5.41, 5.74) is 1.53. The van der Waals surface area contributed by atoms with Gasteiger partial charge in [0.05, 0.1) is 6.04 Å². The van der Waals surface area contributed by atoms with E-state index >= 15 is 0 Å². The summed E-state index contributed by atoms with van der Waals surface area (Å²) in [4.78, 5) is 14.6. The van der Waals surface area contributed by atoms with E-state index in [1.54, 1.807) is 6.08 Å². The molecule has 1 saturated heterocycles. The largest absolute Gasteiger partial charge is 0.449 e. The highest BCUT2D eigenvalue weighted by atomic mass is 32.3. The van der Waals surface area contributed by atoms with Crippen LogP contribution in [0.2, 0.25) is 0 Å². The number of hydrogen-bond acceptors (Lipinski definition) is 3. The molecule has 23 heavy (non-hydrogen) atoms. The van der Waals surface area contributed by atoms with Gasteiger partial charge in [0.25, 0.3) is 0 Å². The van der Waals surface area contributed by atoms with E-state index in [1.807, 2.05) is 0 Å². The number of carbonyl (C=O) groups is 1. The molecule has 0 aromatic carbocycles. The summed E-state index contributed by atoms with van der Waals surface area (Å²) in [6.45, 7) is 4.12. The highest BCUT2D eigenvalue weighted by Crippen LogP contribution is 2.45. The van der Waals surface area contributed by atoms with E-state index in [0.717, 1.165) is 37.1 Å². The van der Waals surface area contributed by atoms with Gasteiger partial charge in [-0.1, -0.05) is 25.3 Å². The van der Waals surface area contributed by atoms with Crippen molar-refractivity contribution in [2.24, 2.45) is 0 Å². The Labute approximate surface area is 141 Å². The van der Waals surface area contributed by atoms with Crippen LogP contribution in [0.3, 0.4) is 0 Å². The molecule has 2 atom stereocenters. The van der Waals surface area contributed by atoms with Gasteiger partial charge in [-0.15, -0.1) is 0 Å². The normalized spacial score (nSPS) is 31.7. The molecule has 0 spiro atoms. The third-order valence-corrected chi connectivity index (χ3v) is 5.70. The van der Waals surface area contributed by atoms with E-state index in [2.05, 4.69) is 47.8 Å². The average molecular weight is 333 g/mol. The quantitative estimate of drug-likeness (QED) is 0.546. The molecule has 0 bridgehead atoms. The highest BCUT2D eigenvalue weighted by Gasteiger charge is 2.52. The standard InChI is InChI=1S/C19H27NO2S/c1-5-19-16(14-18(21)22-19)15(10-13-23(2,3)4)9-12-20-11-7-6-8-17(19)20/h9,14,17H,5-8,11-12H2,1-4H3/t17-,19+/m1/s1. The minimum atomic E-state index is -0.899. The van der Waals surface area contributed by atoms with Crippen molar-refractivity contribution in [2.75, 3.05) is 31.9 Å². The lowest BCUT2D eigenvalue weighted by Crippen LogP contribution is -2.55. The number of ether oxygens (including phenoxy) is 1. The van der Waals surface area contributed by atoms with Crippen LogP contribution in [0.15, 0.2) is 23.3 Å². The first-order valence-electron chi connectivity index (χ1n) is 8.46. The molecule has 0 aromatic heterocycles. The number of nitrogens with zero attached hydrogens (tertiary/aromatic N) is 1. The molecule has 0 unspecified atom stereocenters. The van der Waals surface area contributed by atoms with E-state index in [-0.39, 0.29) is 12.0 Å². The Morgan fingerprint density at radius 3 is 2.87 bits per heavy atom. The minimum absolute atomic E-state index is 0.204. The van der Waals surface area contributed by atoms with Crippen LogP contribution in [0.25, 0.3) is 0 Å². The van der Waals surface area contributed by atoms with Gasteiger partial charge in [-0.05, 0) is 49.8 Å². The molecule has 126 valence electrons. The van der Waals surface area contributed by atoms with E-state index in [4.69, 9.17) is 4.74 Å². The molecule has 0 radical (unpaired) electrons. The number of piperidine rings is 1. The monoisotopic (exact) mass is 333 g/mol. The summed E-state index contributed by atoms with van der Waals surface area (Å²) in [7, 11) is -0.899. The summed E-state index contributed by atoms with van der Waals surface area (Å²) in [5.74, 6) is 3.18. The van der Waals surface area contributed by atoms with Crippen LogP contribution in [0, 0.1) is 11.2 Å². The molecule has 3 aliphatic heterocycles. The van der Waals surface area contributed by atoms with Crippen molar-refractivity contribution in [1.82, 2.24) is 4.90 Å². The molecule has 0 N–H and O–H groups in total. The zero-order chi connectivity index (χ0) is 16.7. The maximum Gasteiger partial charge on any atom is 0.332 e. The second-order valence-corrected chi connectivity index (χ2v) is 11.3. The van der Waals surface area contributed by atoms with Gasteiger partial charge in [-0.3, -0.25) is 4.90 Å². The van der Waals surface area contributed by atoms with Gasteiger partial charge < -0.3 is 4.74 Å². The van der Waals surface area contributed by atoms with E-state index in [0.29, 0.717) is 0 Å².